The molecule has 0 aromatic rings. The summed E-state index contributed by atoms with van der Waals surface area (Å²) in [5.41, 5.74) is 0. The summed E-state index contributed by atoms with van der Waals surface area (Å²) in [6.45, 7) is 5.45. The van der Waals surface area contributed by atoms with Gasteiger partial charge in [-0.3, -0.25) is 0 Å². The summed E-state index contributed by atoms with van der Waals surface area (Å²) in [5.74, 6) is -4.76. The summed E-state index contributed by atoms with van der Waals surface area (Å²) in [7, 11) is 0. The molecule has 1 aliphatic heterocycles. The van der Waals surface area contributed by atoms with Crippen molar-refractivity contribution in [1.82, 2.24) is 9.80 Å². The molecular weight excluding hydrogens is 230 g/mol. The van der Waals surface area contributed by atoms with Gasteiger partial charge in [-0.05, 0) is 0 Å². The number of halogens is 2. The summed E-state index contributed by atoms with van der Waals surface area (Å²) < 4.78 is 27.1. The molecule has 0 amide bonds. The zero-order chi connectivity index (χ0) is 13.1. The highest BCUT2D eigenvalue weighted by Gasteiger charge is 2.47. The maximum Gasteiger partial charge on any atom is 0.332 e. The van der Waals surface area contributed by atoms with Crippen molar-refractivity contribution < 1.29 is 18.7 Å². The molecule has 1 aliphatic rings. The Kier molecular flexibility index (Phi) is 4.09. The van der Waals surface area contributed by atoms with Crippen LogP contribution in [0.4, 0.5) is 8.78 Å². The topological polar surface area (TPSA) is 43.8 Å². The third kappa shape index (κ3) is 2.95. The zero-order valence-electron chi connectivity index (χ0n) is 9.64. The lowest BCUT2D eigenvalue weighted by Gasteiger charge is -2.31. The predicted molar refractivity (Wildman–Crippen MR) is 59.4 cm³/mol. The van der Waals surface area contributed by atoms with E-state index in [1.165, 1.54) is 13.1 Å². The minimum Gasteiger partial charge on any atom is -0.480 e. The average Bonchev–Trinajstić information content (AvgIpc) is 2.66. The van der Waals surface area contributed by atoms with Gasteiger partial charge < -0.3 is 14.9 Å². The van der Waals surface area contributed by atoms with Gasteiger partial charge in [0.15, 0.2) is 6.04 Å². The van der Waals surface area contributed by atoms with Crippen LogP contribution in [0.2, 0.25) is 0 Å². The molecule has 1 heterocycles. The first-order chi connectivity index (χ1) is 7.92. The van der Waals surface area contributed by atoms with Gasteiger partial charge in [0, 0.05) is 25.4 Å². The fourth-order valence-corrected chi connectivity index (χ4v) is 1.69. The number of hydrogen-bond donors (Lipinski definition) is 1. The molecule has 0 aliphatic carbocycles. The Balaban J connectivity index is 2.79. The van der Waals surface area contributed by atoms with E-state index in [-0.39, 0.29) is 6.67 Å². The van der Waals surface area contributed by atoms with Crippen LogP contribution in [0.5, 0.6) is 0 Å². The monoisotopic (exact) mass is 246 g/mol. The fourth-order valence-electron chi connectivity index (χ4n) is 1.69. The molecule has 0 saturated carbocycles. The summed E-state index contributed by atoms with van der Waals surface area (Å²) >= 11 is 0. The van der Waals surface area contributed by atoms with E-state index in [0.717, 1.165) is 4.90 Å². The van der Waals surface area contributed by atoms with Crippen LogP contribution in [0, 0.1) is 0 Å². The first-order valence-electron chi connectivity index (χ1n) is 5.32. The normalized spacial score (nSPS) is 17.4. The van der Waals surface area contributed by atoms with Crippen molar-refractivity contribution in [2.75, 3.05) is 13.2 Å². The standard InChI is InChI=1S/C11H16F2N2O2/c1-3-5-14-6-7-15(8-14)9(10(16)17)11(12,13)4-2/h3,6-7,9H,1,4-5,8H2,2H3,(H,16,17). The van der Waals surface area contributed by atoms with Crippen LogP contribution in [0.15, 0.2) is 25.1 Å². The van der Waals surface area contributed by atoms with Crippen molar-refractivity contribution in [1.29, 1.82) is 0 Å². The van der Waals surface area contributed by atoms with Crippen LogP contribution >= 0.6 is 0 Å². The van der Waals surface area contributed by atoms with Crippen molar-refractivity contribution in [3.05, 3.63) is 25.1 Å². The first kappa shape index (κ1) is 13.5. The molecule has 1 atom stereocenters. The molecule has 0 radical (unpaired) electrons. The molecule has 0 bridgehead atoms. The minimum absolute atomic E-state index is 0.137. The lowest BCUT2D eigenvalue weighted by atomic mass is 10.1. The van der Waals surface area contributed by atoms with Gasteiger partial charge in [-0.25, -0.2) is 13.6 Å². The number of rotatable bonds is 6. The molecule has 0 aromatic carbocycles. The van der Waals surface area contributed by atoms with Crippen molar-refractivity contribution in [2.45, 2.75) is 25.3 Å². The highest BCUT2D eigenvalue weighted by Crippen LogP contribution is 2.29. The number of carbonyl (C=O) groups is 1. The first-order valence-corrected chi connectivity index (χ1v) is 5.32. The van der Waals surface area contributed by atoms with Gasteiger partial charge in [-0.1, -0.05) is 13.0 Å². The van der Waals surface area contributed by atoms with E-state index in [2.05, 4.69) is 6.58 Å². The van der Waals surface area contributed by atoms with E-state index < -0.39 is 24.4 Å². The largest absolute Gasteiger partial charge is 0.480 e. The third-order valence-electron chi connectivity index (χ3n) is 2.61. The Morgan fingerprint density at radius 1 is 1.65 bits per heavy atom. The Labute approximate surface area is 98.8 Å². The summed E-state index contributed by atoms with van der Waals surface area (Å²) in [5, 5.41) is 8.92. The Hall–Kier alpha value is -1.59. The summed E-state index contributed by atoms with van der Waals surface area (Å²) in [4.78, 5) is 13.8. The maximum atomic E-state index is 13.5. The van der Waals surface area contributed by atoms with Crippen LogP contribution in [-0.4, -0.2) is 46.1 Å². The van der Waals surface area contributed by atoms with E-state index >= 15 is 0 Å². The van der Waals surface area contributed by atoms with Crippen molar-refractivity contribution >= 4 is 5.97 Å². The molecule has 6 heteroatoms. The van der Waals surface area contributed by atoms with Crippen molar-refractivity contribution in [3.8, 4) is 0 Å². The molecule has 96 valence electrons. The van der Waals surface area contributed by atoms with Gasteiger partial charge >= 0.3 is 5.97 Å². The number of carboxylic acid groups (broad SMARTS) is 1. The maximum absolute atomic E-state index is 13.5. The molecule has 17 heavy (non-hydrogen) atoms. The second-order valence-corrected chi connectivity index (χ2v) is 3.87. The molecule has 1 N–H and O–H groups in total. The summed E-state index contributed by atoms with van der Waals surface area (Å²) in [6.07, 6.45) is 4.09. The predicted octanol–water partition coefficient (Wildman–Crippen LogP) is 1.72. The molecule has 0 saturated heterocycles. The fraction of sp³-hybridized carbons (Fsp3) is 0.545. The zero-order valence-corrected chi connectivity index (χ0v) is 9.64. The molecule has 1 rings (SSSR count). The molecule has 0 fully saturated rings. The van der Waals surface area contributed by atoms with Gasteiger partial charge in [0.2, 0.25) is 0 Å². The third-order valence-corrected chi connectivity index (χ3v) is 2.61. The van der Waals surface area contributed by atoms with E-state index in [1.54, 1.807) is 17.2 Å². The quantitative estimate of drug-likeness (QED) is 0.725. The van der Waals surface area contributed by atoms with Crippen molar-refractivity contribution in [3.63, 3.8) is 0 Å². The second kappa shape index (κ2) is 5.16. The highest BCUT2D eigenvalue weighted by atomic mass is 19.3. The van der Waals surface area contributed by atoms with E-state index in [9.17, 15) is 13.6 Å². The minimum atomic E-state index is -3.25. The average molecular weight is 246 g/mol. The number of hydrogen-bond acceptors (Lipinski definition) is 3. The number of carboxylic acids is 1. The second-order valence-electron chi connectivity index (χ2n) is 3.87. The Morgan fingerprint density at radius 2 is 2.29 bits per heavy atom. The van der Waals surface area contributed by atoms with Gasteiger partial charge in [-0.2, -0.15) is 0 Å². The lowest BCUT2D eigenvalue weighted by molar-refractivity contribution is -0.159. The van der Waals surface area contributed by atoms with Crippen LogP contribution in [0.3, 0.4) is 0 Å². The Bertz CT molecular complexity index is 331. The highest BCUT2D eigenvalue weighted by molar-refractivity contribution is 5.75. The van der Waals surface area contributed by atoms with Crippen LogP contribution < -0.4 is 0 Å². The van der Waals surface area contributed by atoms with Gasteiger partial charge in [0.25, 0.3) is 5.92 Å². The number of nitrogens with zero attached hydrogens (tertiary/aromatic N) is 2. The molecule has 0 aromatic heterocycles. The van der Waals surface area contributed by atoms with Crippen LogP contribution in [0.1, 0.15) is 13.3 Å². The van der Waals surface area contributed by atoms with Crippen LogP contribution in [0.25, 0.3) is 0 Å². The number of alkyl halides is 2. The molecular formula is C11H16F2N2O2. The van der Waals surface area contributed by atoms with E-state index in [0.29, 0.717) is 6.54 Å². The van der Waals surface area contributed by atoms with Gasteiger partial charge in [-0.15, -0.1) is 6.58 Å². The van der Waals surface area contributed by atoms with E-state index in [4.69, 9.17) is 5.11 Å². The van der Waals surface area contributed by atoms with E-state index in [1.807, 2.05) is 0 Å². The summed E-state index contributed by atoms with van der Waals surface area (Å²) in [6, 6.07) is -1.82. The number of aliphatic carboxylic acids is 1. The lowest BCUT2D eigenvalue weighted by Crippen LogP contribution is -2.51. The molecule has 4 nitrogen and oxygen atoms in total. The van der Waals surface area contributed by atoms with Gasteiger partial charge in [0.05, 0.1) is 6.67 Å². The van der Waals surface area contributed by atoms with Crippen molar-refractivity contribution in [2.24, 2.45) is 0 Å². The Morgan fingerprint density at radius 3 is 2.76 bits per heavy atom. The van der Waals surface area contributed by atoms with Gasteiger partial charge in [0.1, 0.15) is 0 Å². The molecule has 1 unspecified atom stereocenters. The smallest absolute Gasteiger partial charge is 0.332 e. The molecule has 0 spiro atoms. The SMILES string of the molecule is C=CCN1C=CN(C(C(=O)O)C(F)(F)CC)C1. The van der Waals surface area contributed by atoms with Crippen LogP contribution in [-0.2, 0) is 4.79 Å².